The smallest absolute Gasteiger partial charge is 0.356 e. The summed E-state index contributed by atoms with van der Waals surface area (Å²) in [6.07, 6.45) is 1.23. The van der Waals surface area contributed by atoms with Crippen LogP contribution in [0.5, 0.6) is 0 Å². The Morgan fingerprint density at radius 3 is 2.80 bits per heavy atom. The minimum absolute atomic E-state index is 0.0595. The van der Waals surface area contributed by atoms with E-state index in [1.165, 1.54) is 10.9 Å². The van der Waals surface area contributed by atoms with Gasteiger partial charge in [0, 0.05) is 0 Å². The number of aromatic carboxylic acids is 1. The van der Waals surface area contributed by atoms with Crippen molar-refractivity contribution < 1.29 is 9.90 Å². The fraction of sp³-hybridized carbons (Fsp3) is 0.100. The third-order valence-corrected chi connectivity index (χ3v) is 2.11. The number of aromatic nitrogens is 3. The first-order valence-electron chi connectivity index (χ1n) is 4.40. The van der Waals surface area contributed by atoms with Gasteiger partial charge in [-0.05, 0) is 18.6 Å². The van der Waals surface area contributed by atoms with Gasteiger partial charge in [-0.1, -0.05) is 23.4 Å². The highest BCUT2D eigenvalue weighted by molar-refractivity contribution is 5.85. The van der Waals surface area contributed by atoms with Gasteiger partial charge in [-0.25, -0.2) is 9.48 Å². The van der Waals surface area contributed by atoms with Gasteiger partial charge in [-0.3, -0.25) is 0 Å². The van der Waals surface area contributed by atoms with Gasteiger partial charge in [0.2, 0.25) is 0 Å². The number of carboxylic acid groups (broad SMARTS) is 1. The van der Waals surface area contributed by atoms with Crippen LogP contribution in [0.1, 0.15) is 16.1 Å². The Balaban J connectivity index is 2.59. The SMILES string of the molecule is Cc1ccccc1-n1nncc1C(=O)O. The molecule has 0 aliphatic rings. The molecule has 2 rings (SSSR count). The third-order valence-electron chi connectivity index (χ3n) is 2.11. The zero-order valence-corrected chi connectivity index (χ0v) is 8.08. The van der Waals surface area contributed by atoms with Crippen LogP contribution >= 0.6 is 0 Å². The van der Waals surface area contributed by atoms with Gasteiger partial charge in [0.1, 0.15) is 0 Å². The maximum Gasteiger partial charge on any atom is 0.356 e. The molecular weight excluding hydrogens is 194 g/mol. The van der Waals surface area contributed by atoms with Gasteiger partial charge >= 0.3 is 5.97 Å². The lowest BCUT2D eigenvalue weighted by Crippen LogP contribution is -2.08. The maximum atomic E-state index is 10.9. The Morgan fingerprint density at radius 1 is 1.40 bits per heavy atom. The first-order chi connectivity index (χ1) is 7.20. The van der Waals surface area contributed by atoms with E-state index < -0.39 is 5.97 Å². The van der Waals surface area contributed by atoms with Crippen LogP contribution in [0.3, 0.4) is 0 Å². The van der Waals surface area contributed by atoms with E-state index in [1.807, 2.05) is 25.1 Å². The summed E-state index contributed by atoms with van der Waals surface area (Å²) in [6, 6.07) is 7.41. The molecule has 1 aromatic carbocycles. The molecule has 0 saturated carbocycles. The van der Waals surface area contributed by atoms with Crippen LogP contribution in [0, 0.1) is 6.92 Å². The number of nitrogens with zero attached hydrogens (tertiary/aromatic N) is 3. The first kappa shape index (κ1) is 9.39. The summed E-state index contributed by atoms with van der Waals surface area (Å²) >= 11 is 0. The number of hydrogen-bond acceptors (Lipinski definition) is 3. The van der Waals surface area contributed by atoms with Crippen molar-refractivity contribution in [1.82, 2.24) is 15.0 Å². The lowest BCUT2D eigenvalue weighted by Gasteiger charge is -2.05. The highest BCUT2D eigenvalue weighted by Crippen LogP contribution is 2.13. The summed E-state index contributed by atoms with van der Waals surface area (Å²) in [5.74, 6) is -1.04. The number of para-hydroxylation sites is 1. The van der Waals surface area contributed by atoms with E-state index in [-0.39, 0.29) is 5.69 Å². The molecule has 2 aromatic rings. The number of rotatable bonds is 2. The highest BCUT2D eigenvalue weighted by atomic mass is 16.4. The van der Waals surface area contributed by atoms with E-state index in [9.17, 15) is 4.79 Å². The number of benzene rings is 1. The summed E-state index contributed by atoms with van der Waals surface area (Å²) in [5.41, 5.74) is 1.74. The largest absolute Gasteiger partial charge is 0.476 e. The third kappa shape index (κ3) is 1.59. The van der Waals surface area contributed by atoms with Crippen molar-refractivity contribution in [2.24, 2.45) is 0 Å². The van der Waals surface area contributed by atoms with Gasteiger partial charge in [0.25, 0.3) is 0 Å². The molecule has 0 spiro atoms. The molecule has 0 unspecified atom stereocenters. The first-order valence-corrected chi connectivity index (χ1v) is 4.40. The molecular formula is C10H9N3O2. The molecule has 0 saturated heterocycles. The fourth-order valence-corrected chi connectivity index (χ4v) is 1.36. The monoisotopic (exact) mass is 203 g/mol. The Kier molecular flexibility index (Phi) is 2.21. The number of carbonyl (C=O) groups is 1. The topological polar surface area (TPSA) is 68.0 Å². The lowest BCUT2D eigenvalue weighted by molar-refractivity contribution is 0.0687. The van der Waals surface area contributed by atoms with Crippen molar-refractivity contribution in [3.8, 4) is 5.69 Å². The zero-order valence-electron chi connectivity index (χ0n) is 8.08. The maximum absolute atomic E-state index is 10.9. The van der Waals surface area contributed by atoms with Crippen molar-refractivity contribution >= 4 is 5.97 Å². The van der Waals surface area contributed by atoms with Gasteiger partial charge in [-0.2, -0.15) is 0 Å². The molecule has 1 heterocycles. The van der Waals surface area contributed by atoms with Crippen LogP contribution in [0.25, 0.3) is 5.69 Å². The number of hydrogen-bond donors (Lipinski definition) is 1. The van der Waals surface area contributed by atoms with Crippen molar-refractivity contribution in [2.45, 2.75) is 6.92 Å². The van der Waals surface area contributed by atoms with Gasteiger partial charge < -0.3 is 5.11 Å². The van der Waals surface area contributed by atoms with Crippen molar-refractivity contribution in [3.63, 3.8) is 0 Å². The number of aryl methyl sites for hydroxylation is 1. The molecule has 0 aliphatic carbocycles. The fourth-order valence-electron chi connectivity index (χ4n) is 1.36. The van der Waals surface area contributed by atoms with Crippen LogP contribution in [-0.2, 0) is 0 Å². The summed E-state index contributed by atoms with van der Waals surface area (Å²) in [6.45, 7) is 1.89. The van der Waals surface area contributed by atoms with E-state index in [0.29, 0.717) is 0 Å². The molecule has 0 amide bonds. The second kappa shape index (κ2) is 3.53. The summed E-state index contributed by atoms with van der Waals surface area (Å²) in [4.78, 5) is 10.9. The molecule has 76 valence electrons. The predicted octanol–water partition coefficient (Wildman–Crippen LogP) is 1.27. The van der Waals surface area contributed by atoms with Crippen LogP contribution < -0.4 is 0 Å². The molecule has 0 bridgehead atoms. The molecule has 0 fully saturated rings. The van der Waals surface area contributed by atoms with Crippen molar-refractivity contribution in [3.05, 3.63) is 41.7 Å². The molecule has 0 radical (unpaired) electrons. The Bertz CT molecular complexity index is 505. The zero-order chi connectivity index (χ0) is 10.8. The molecule has 1 N–H and O–H groups in total. The Morgan fingerprint density at radius 2 is 2.13 bits per heavy atom. The summed E-state index contributed by atoms with van der Waals surface area (Å²) < 4.78 is 1.32. The van der Waals surface area contributed by atoms with E-state index in [4.69, 9.17) is 5.11 Å². The lowest BCUT2D eigenvalue weighted by atomic mass is 10.2. The minimum atomic E-state index is -1.04. The van der Waals surface area contributed by atoms with Crippen LogP contribution in [-0.4, -0.2) is 26.1 Å². The highest BCUT2D eigenvalue weighted by Gasteiger charge is 2.13. The molecule has 0 aliphatic heterocycles. The van der Waals surface area contributed by atoms with E-state index in [0.717, 1.165) is 11.3 Å². The van der Waals surface area contributed by atoms with Gasteiger partial charge in [-0.15, -0.1) is 5.10 Å². The van der Waals surface area contributed by atoms with E-state index in [1.54, 1.807) is 6.07 Å². The van der Waals surface area contributed by atoms with Crippen LogP contribution in [0.15, 0.2) is 30.5 Å². The van der Waals surface area contributed by atoms with Gasteiger partial charge in [0.15, 0.2) is 5.69 Å². The van der Waals surface area contributed by atoms with E-state index in [2.05, 4.69) is 10.3 Å². The van der Waals surface area contributed by atoms with Crippen LogP contribution in [0.4, 0.5) is 0 Å². The van der Waals surface area contributed by atoms with Crippen molar-refractivity contribution in [1.29, 1.82) is 0 Å². The van der Waals surface area contributed by atoms with Crippen molar-refractivity contribution in [2.75, 3.05) is 0 Å². The normalized spacial score (nSPS) is 10.2. The Labute approximate surface area is 86.0 Å². The second-order valence-corrected chi connectivity index (χ2v) is 3.12. The summed E-state index contributed by atoms with van der Waals surface area (Å²) in [5, 5.41) is 16.3. The quantitative estimate of drug-likeness (QED) is 0.798. The molecule has 1 aromatic heterocycles. The van der Waals surface area contributed by atoms with Gasteiger partial charge in [0.05, 0.1) is 11.9 Å². The van der Waals surface area contributed by atoms with E-state index >= 15 is 0 Å². The molecule has 5 nitrogen and oxygen atoms in total. The molecule has 5 heteroatoms. The minimum Gasteiger partial charge on any atom is -0.476 e. The Hall–Kier alpha value is -2.17. The summed E-state index contributed by atoms with van der Waals surface area (Å²) in [7, 11) is 0. The standard InChI is InChI=1S/C10H9N3O2/c1-7-4-2-3-5-8(7)13-9(10(14)15)6-11-12-13/h2-6H,1H3,(H,14,15). The average Bonchev–Trinajstić information content (AvgIpc) is 2.67. The molecule has 0 atom stereocenters. The predicted molar refractivity (Wildman–Crippen MR) is 53.1 cm³/mol. The molecule has 15 heavy (non-hydrogen) atoms. The number of carboxylic acids is 1. The van der Waals surface area contributed by atoms with Crippen LogP contribution in [0.2, 0.25) is 0 Å². The average molecular weight is 203 g/mol. The second-order valence-electron chi connectivity index (χ2n) is 3.12.